The van der Waals surface area contributed by atoms with Crippen LogP contribution in [0.4, 0.5) is 0 Å². The zero-order valence-corrected chi connectivity index (χ0v) is 13.2. The summed E-state index contributed by atoms with van der Waals surface area (Å²) in [6.07, 6.45) is 0.676. The van der Waals surface area contributed by atoms with Gasteiger partial charge in [-0.1, -0.05) is 18.5 Å². The molecule has 0 saturated carbocycles. The predicted octanol–water partition coefficient (Wildman–Crippen LogP) is 1.73. The van der Waals surface area contributed by atoms with E-state index < -0.39 is 27.5 Å². The monoisotopic (exact) mass is 333 g/mol. The van der Waals surface area contributed by atoms with Gasteiger partial charge in [0.1, 0.15) is 5.75 Å². The Balaban J connectivity index is 3.01. The minimum Gasteiger partial charge on any atom is -0.478 e. The van der Waals surface area contributed by atoms with Crippen molar-refractivity contribution >= 4 is 33.3 Å². The van der Waals surface area contributed by atoms with Crippen LogP contribution in [0.1, 0.15) is 30.6 Å². The van der Waals surface area contributed by atoms with Crippen LogP contribution in [-0.4, -0.2) is 37.2 Å². The summed E-state index contributed by atoms with van der Waals surface area (Å²) in [4.78, 5) is 22.4. The maximum Gasteiger partial charge on any atom is 0.337 e. The van der Waals surface area contributed by atoms with Crippen LogP contribution in [0.5, 0.6) is 0 Å². The molecule has 1 amide bonds. The second-order valence-electron chi connectivity index (χ2n) is 4.58. The highest BCUT2D eigenvalue weighted by atomic mass is 35.5. The lowest BCUT2D eigenvalue weighted by Crippen LogP contribution is -2.36. The first-order valence-electron chi connectivity index (χ1n) is 6.22. The highest BCUT2D eigenvalue weighted by molar-refractivity contribution is 7.92. The van der Waals surface area contributed by atoms with E-state index in [4.69, 9.17) is 16.7 Å². The molecular weight excluding hydrogens is 318 g/mol. The number of halogens is 1. The van der Waals surface area contributed by atoms with Crippen LogP contribution in [0.25, 0.3) is 0 Å². The minimum absolute atomic E-state index is 0.0643. The minimum atomic E-state index is -3.92. The fourth-order valence-electron chi connectivity index (χ4n) is 1.54. The number of benzene rings is 1. The predicted molar refractivity (Wildman–Crippen MR) is 78.4 cm³/mol. The molecule has 116 valence electrons. The molecule has 0 aliphatic rings. The van der Waals surface area contributed by atoms with Crippen molar-refractivity contribution in [2.45, 2.75) is 31.2 Å². The van der Waals surface area contributed by atoms with Gasteiger partial charge < -0.3 is 10.4 Å². The third kappa shape index (κ3) is 4.71. The van der Waals surface area contributed by atoms with Gasteiger partial charge in [-0.15, -0.1) is 0 Å². The molecule has 0 spiro atoms. The number of carbonyl (C=O) groups is 2. The zero-order valence-electron chi connectivity index (χ0n) is 11.6. The Morgan fingerprint density at radius 3 is 2.52 bits per heavy atom. The second kappa shape index (κ2) is 6.91. The summed E-state index contributed by atoms with van der Waals surface area (Å²) >= 11 is 5.68. The molecule has 1 unspecified atom stereocenters. The third-order valence-corrected chi connectivity index (χ3v) is 4.81. The van der Waals surface area contributed by atoms with Crippen LogP contribution >= 0.6 is 11.6 Å². The largest absolute Gasteiger partial charge is 0.478 e. The molecule has 0 saturated heterocycles. The van der Waals surface area contributed by atoms with Crippen LogP contribution in [0, 0.1) is 0 Å². The van der Waals surface area contributed by atoms with Crippen molar-refractivity contribution < 1.29 is 23.1 Å². The van der Waals surface area contributed by atoms with E-state index in [9.17, 15) is 18.0 Å². The summed E-state index contributed by atoms with van der Waals surface area (Å²) in [5.41, 5.74) is -0.319. The highest BCUT2D eigenvalue weighted by Crippen LogP contribution is 2.21. The van der Waals surface area contributed by atoms with E-state index in [1.54, 1.807) is 6.92 Å². The van der Waals surface area contributed by atoms with E-state index >= 15 is 0 Å². The summed E-state index contributed by atoms with van der Waals surface area (Å²) in [6.45, 7) is 3.62. The van der Waals surface area contributed by atoms with Crippen LogP contribution < -0.4 is 5.32 Å². The summed E-state index contributed by atoms with van der Waals surface area (Å²) < 4.78 is 24.2. The van der Waals surface area contributed by atoms with E-state index in [-0.39, 0.29) is 21.5 Å². The standard InChI is InChI=1S/C13H16ClNO5S/c1-3-8(2)15-12(16)7-21(19,20)9-4-5-11(14)10(6-9)13(17)18/h4-6,8H,3,7H2,1-2H3,(H,15,16)(H,17,18). The highest BCUT2D eigenvalue weighted by Gasteiger charge is 2.22. The summed E-state index contributed by atoms with van der Waals surface area (Å²) in [7, 11) is -3.92. The van der Waals surface area contributed by atoms with Crippen molar-refractivity contribution in [2.75, 3.05) is 5.75 Å². The van der Waals surface area contributed by atoms with Gasteiger partial charge in [-0.2, -0.15) is 0 Å². The number of rotatable bonds is 6. The Hall–Kier alpha value is -1.60. The number of hydrogen-bond acceptors (Lipinski definition) is 4. The average Bonchev–Trinajstić information content (AvgIpc) is 2.37. The lowest BCUT2D eigenvalue weighted by molar-refractivity contribution is -0.119. The number of carbonyl (C=O) groups excluding carboxylic acids is 1. The maximum atomic E-state index is 12.1. The van der Waals surface area contributed by atoms with Crippen LogP contribution in [0.15, 0.2) is 23.1 Å². The molecular formula is C13H16ClNO5S. The topological polar surface area (TPSA) is 101 Å². The fraction of sp³-hybridized carbons (Fsp3) is 0.385. The van der Waals surface area contributed by atoms with E-state index in [0.29, 0.717) is 6.42 Å². The van der Waals surface area contributed by atoms with Crippen molar-refractivity contribution in [1.82, 2.24) is 5.32 Å². The van der Waals surface area contributed by atoms with Gasteiger partial charge in [0.25, 0.3) is 0 Å². The molecule has 0 bridgehead atoms. The molecule has 6 nitrogen and oxygen atoms in total. The molecule has 8 heteroatoms. The van der Waals surface area contributed by atoms with Crippen molar-refractivity contribution in [3.8, 4) is 0 Å². The van der Waals surface area contributed by atoms with Crippen molar-refractivity contribution in [3.05, 3.63) is 28.8 Å². The van der Waals surface area contributed by atoms with Crippen LogP contribution in [0.3, 0.4) is 0 Å². The van der Waals surface area contributed by atoms with Gasteiger partial charge in [0.05, 0.1) is 15.5 Å². The Bertz CT molecular complexity index is 657. The summed E-state index contributed by atoms with van der Waals surface area (Å²) in [5, 5.41) is 11.4. The fourth-order valence-corrected chi connectivity index (χ4v) is 2.90. The summed E-state index contributed by atoms with van der Waals surface area (Å²) in [6, 6.07) is 3.19. The molecule has 0 fully saturated rings. The van der Waals surface area contributed by atoms with Gasteiger partial charge in [0.2, 0.25) is 5.91 Å². The Kier molecular flexibility index (Phi) is 5.74. The molecule has 0 heterocycles. The van der Waals surface area contributed by atoms with Crippen molar-refractivity contribution in [2.24, 2.45) is 0 Å². The smallest absolute Gasteiger partial charge is 0.337 e. The molecule has 1 atom stereocenters. The van der Waals surface area contributed by atoms with Gasteiger partial charge >= 0.3 is 5.97 Å². The van der Waals surface area contributed by atoms with E-state index in [2.05, 4.69) is 5.32 Å². The molecule has 1 rings (SSSR count). The molecule has 1 aromatic rings. The van der Waals surface area contributed by atoms with Crippen LogP contribution in [0.2, 0.25) is 5.02 Å². The quantitative estimate of drug-likeness (QED) is 0.825. The lowest BCUT2D eigenvalue weighted by atomic mass is 10.2. The second-order valence-corrected chi connectivity index (χ2v) is 6.98. The van der Waals surface area contributed by atoms with Gasteiger partial charge in [-0.3, -0.25) is 4.79 Å². The first kappa shape index (κ1) is 17.5. The normalized spacial score (nSPS) is 12.7. The summed E-state index contributed by atoms with van der Waals surface area (Å²) in [5.74, 6) is -2.70. The Labute approximate surface area is 128 Å². The number of hydrogen-bond donors (Lipinski definition) is 2. The number of sulfone groups is 1. The first-order valence-corrected chi connectivity index (χ1v) is 8.25. The van der Waals surface area contributed by atoms with Crippen molar-refractivity contribution in [3.63, 3.8) is 0 Å². The van der Waals surface area contributed by atoms with E-state index in [1.807, 2.05) is 6.92 Å². The number of amides is 1. The Morgan fingerprint density at radius 2 is 2.00 bits per heavy atom. The van der Waals surface area contributed by atoms with Crippen molar-refractivity contribution in [1.29, 1.82) is 0 Å². The van der Waals surface area contributed by atoms with Gasteiger partial charge in [0.15, 0.2) is 9.84 Å². The van der Waals surface area contributed by atoms with Crippen LogP contribution in [-0.2, 0) is 14.6 Å². The third-order valence-electron chi connectivity index (χ3n) is 2.87. The maximum absolute atomic E-state index is 12.1. The number of aromatic carboxylic acids is 1. The average molecular weight is 334 g/mol. The van der Waals surface area contributed by atoms with Gasteiger partial charge in [-0.05, 0) is 31.5 Å². The molecule has 0 aromatic heterocycles. The Morgan fingerprint density at radius 1 is 1.38 bits per heavy atom. The number of carboxylic acids is 1. The SMILES string of the molecule is CCC(C)NC(=O)CS(=O)(=O)c1ccc(Cl)c(C(=O)O)c1. The molecule has 21 heavy (non-hydrogen) atoms. The molecule has 0 aliphatic heterocycles. The van der Waals surface area contributed by atoms with Gasteiger partial charge in [0, 0.05) is 6.04 Å². The zero-order chi connectivity index (χ0) is 16.2. The van der Waals surface area contributed by atoms with E-state index in [0.717, 1.165) is 6.07 Å². The first-order chi connectivity index (χ1) is 9.67. The van der Waals surface area contributed by atoms with Gasteiger partial charge in [-0.25, -0.2) is 13.2 Å². The lowest BCUT2D eigenvalue weighted by Gasteiger charge is -2.12. The molecule has 1 aromatic carbocycles. The molecule has 0 aliphatic carbocycles. The molecule has 2 N–H and O–H groups in total. The number of carboxylic acid groups (broad SMARTS) is 1. The molecule has 0 radical (unpaired) electrons. The number of nitrogens with one attached hydrogen (secondary N) is 1. The van der Waals surface area contributed by atoms with E-state index in [1.165, 1.54) is 12.1 Å².